The van der Waals surface area contributed by atoms with E-state index in [0.717, 1.165) is 12.3 Å². The van der Waals surface area contributed by atoms with E-state index < -0.39 is 38.5 Å². The van der Waals surface area contributed by atoms with Crippen LogP contribution in [-0.2, 0) is 16.2 Å². The second-order valence-electron chi connectivity index (χ2n) is 5.51. The molecule has 0 spiro atoms. The Kier molecular flexibility index (Phi) is 4.26. The molecule has 0 aliphatic heterocycles. The molecule has 3 aromatic rings. The number of alkyl halides is 3. The van der Waals surface area contributed by atoms with Gasteiger partial charge in [0.05, 0.1) is 35.1 Å². The van der Waals surface area contributed by atoms with E-state index >= 15 is 0 Å². The van der Waals surface area contributed by atoms with Gasteiger partial charge in [-0.05, 0) is 23.8 Å². The number of aromatic amines is 1. The minimum atomic E-state index is -4.79. The first-order valence-corrected chi connectivity index (χ1v) is 9.01. The highest BCUT2D eigenvalue weighted by Crippen LogP contribution is 2.38. The Hall–Kier alpha value is -3.22. The molecule has 0 amide bonds. The maximum atomic E-state index is 13.5. The van der Waals surface area contributed by atoms with Gasteiger partial charge in [0.1, 0.15) is 0 Å². The van der Waals surface area contributed by atoms with Crippen LogP contribution in [0.4, 0.5) is 13.2 Å². The average molecular weight is 401 g/mol. The second-order valence-corrected chi connectivity index (χ2v) is 7.23. The fourth-order valence-corrected chi connectivity index (χ4v) is 2.93. The van der Waals surface area contributed by atoms with Crippen LogP contribution in [0.15, 0.2) is 40.2 Å². The smallest absolute Gasteiger partial charge is 0.305 e. The third-order valence-corrected chi connectivity index (χ3v) is 4.01. The Morgan fingerprint density at radius 3 is 2.44 bits per heavy atom. The van der Waals surface area contributed by atoms with Crippen molar-refractivity contribution in [2.45, 2.75) is 6.18 Å². The molecule has 2 N–H and O–H groups in total. The average Bonchev–Trinajstić information content (AvgIpc) is 2.57. The number of nitrogens with zero attached hydrogens (tertiary/aromatic N) is 3. The quantitative estimate of drug-likeness (QED) is 0.664. The molecule has 27 heavy (non-hydrogen) atoms. The number of fused-ring (bicyclic) bond motifs is 1. The first-order chi connectivity index (χ1) is 12.5. The molecule has 0 radical (unpaired) electrons. The van der Waals surface area contributed by atoms with Gasteiger partial charge in [0.25, 0.3) is 5.56 Å². The maximum Gasteiger partial charge on any atom is 0.417 e. The summed E-state index contributed by atoms with van der Waals surface area (Å²) in [5.41, 5.74) is -4.20. The van der Waals surface area contributed by atoms with Gasteiger partial charge in [-0.1, -0.05) is 0 Å². The van der Waals surface area contributed by atoms with E-state index in [1.165, 1.54) is 12.3 Å². The van der Waals surface area contributed by atoms with Gasteiger partial charge >= 0.3 is 11.9 Å². The summed E-state index contributed by atoms with van der Waals surface area (Å²) in [5, 5.41) is 6.68. The molecule has 2 aromatic heterocycles. The van der Waals surface area contributed by atoms with Gasteiger partial charge in [-0.2, -0.15) is 28.0 Å². The molecule has 0 atom stereocenters. The van der Waals surface area contributed by atoms with Gasteiger partial charge in [-0.3, -0.25) is 4.79 Å². The largest absolute Gasteiger partial charge is 0.417 e. The molecule has 0 bridgehead atoms. The number of rotatable bonds is 3. The van der Waals surface area contributed by atoms with Crippen molar-refractivity contribution in [2.24, 2.45) is 0 Å². The molecule has 1 aromatic carbocycles. The standard InChI is InChI=1S/C14H10F3N5O4S/c1-27(25,26)21-22-12(23)9-4-8(7-2-3-18-19-6-7)10(14(15,16)17)5-11(9)20-13(22)24/h2-6,21H,1H3,(H,20,24). The zero-order valence-corrected chi connectivity index (χ0v) is 14.2. The Bertz CT molecular complexity index is 1250. The van der Waals surface area contributed by atoms with Crippen LogP contribution in [0.5, 0.6) is 0 Å². The lowest BCUT2D eigenvalue weighted by Crippen LogP contribution is -2.43. The predicted octanol–water partition coefficient (Wildman–Crippen LogP) is 0.669. The molecule has 9 nitrogen and oxygen atoms in total. The predicted molar refractivity (Wildman–Crippen MR) is 89.1 cm³/mol. The lowest BCUT2D eigenvalue weighted by Gasteiger charge is -2.15. The van der Waals surface area contributed by atoms with Crippen LogP contribution in [0, 0.1) is 0 Å². The Morgan fingerprint density at radius 1 is 1.19 bits per heavy atom. The van der Waals surface area contributed by atoms with Gasteiger partial charge < -0.3 is 4.98 Å². The summed E-state index contributed by atoms with van der Waals surface area (Å²) >= 11 is 0. The van der Waals surface area contributed by atoms with Gasteiger partial charge in [0, 0.05) is 5.56 Å². The summed E-state index contributed by atoms with van der Waals surface area (Å²) in [7, 11) is -3.99. The van der Waals surface area contributed by atoms with Crippen LogP contribution < -0.4 is 16.1 Å². The zero-order chi connectivity index (χ0) is 20.0. The minimum Gasteiger partial charge on any atom is -0.305 e. The van der Waals surface area contributed by atoms with Crippen molar-refractivity contribution in [3.63, 3.8) is 0 Å². The Morgan fingerprint density at radius 2 is 1.89 bits per heavy atom. The molecule has 13 heteroatoms. The normalized spacial score (nSPS) is 12.3. The van der Waals surface area contributed by atoms with Crippen molar-refractivity contribution in [1.29, 1.82) is 0 Å². The van der Waals surface area contributed by atoms with Crippen LogP contribution in [0.2, 0.25) is 0 Å². The highest BCUT2D eigenvalue weighted by molar-refractivity contribution is 7.91. The molecule has 0 saturated heterocycles. The number of hydrogen-bond acceptors (Lipinski definition) is 6. The van der Waals surface area contributed by atoms with E-state index in [9.17, 15) is 31.2 Å². The number of sulfonamides is 1. The monoisotopic (exact) mass is 401 g/mol. The van der Waals surface area contributed by atoms with Crippen molar-refractivity contribution < 1.29 is 21.6 Å². The van der Waals surface area contributed by atoms with Crippen molar-refractivity contribution in [3.8, 4) is 11.1 Å². The third-order valence-electron chi connectivity index (χ3n) is 3.49. The summed E-state index contributed by atoms with van der Waals surface area (Å²) in [6.45, 7) is 0. The Labute approximate surface area is 148 Å². The van der Waals surface area contributed by atoms with E-state index in [-0.39, 0.29) is 21.2 Å². The zero-order valence-electron chi connectivity index (χ0n) is 13.4. The molecule has 0 fully saturated rings. The van der Waals surface area contributed by atoms with Crippen LogP contribution >= 0.6 is 0 Å². The van der Waals surface area contributed by atoms with Gasteiger partial charge in [-0.15, -0.1) is 0 Å². The summed E-state index contributed by atoms with van der Waals surface area (Å²) in [4.78, 5) is 28.2. The summed E-state index contributed by atoms with van der Waals surface area (Å²) in [5.74, 6) is 0. The van der Waals surface area contributed by atoms with E-state index in [1.54, 1.807) is 4.83 Å². The number of H-pyrrole nitrogens is 1. The first-order valence-electron chi connectivity index (χ1n) is 7.12. The number of nitrogens with one attached hydrogen (secondary N) is 2. The third kappa shape index (κ3) is 3.67. The molecular formula is C14H10F3N5O4S. The van der Waals surface area contributed by atoms with Crippen LogP contribution in [0.1, 0.15) is 5.56 Å². The molecule has 0 aliphatic rings. The number of benzene rings is 1. The summed E-state index contributed by atoms with van der Waals surface area (Å²) in [6.07, 6.45) is -1.82. The van der Waals surface area contributed by atoms with Crippen LogP contribution in [-0.4, -0.2) is 34.5 Å². The molecule has 0 saturated carbocycles. The number of halogens is 3. The topological polar surface area (TPSA) is 127 Å². The van der Waals surface area contributed by atoms with Crippen LogP contribution in [0.3, 0.4) is 0 Å². The molecule has 2 heterocycles. The maximum absolute atomic E-state index is 13.5. The lowest BCUT2D eigenvalue weighted by molar-refractivity contribution is -0.137. The van der Waals surface area contributed by atoms with E-state index in [0.29, 0.717) is 12.3 Å². The summed E-state index contributed by atoms with van der Waals surface area (Å²) in [6, 6.07) is 2.79. The van der Waals surface area contributed by atoms with E-state index in [1.807, 2.05) is 0 Å². The molecule has 0 aliphatic carbocycles. The number of hydrogen-bond donors (Lipinski definition) is 2. The van der Waals surface area contributed by atoms with Crippen molar-refractivity contribution in [3.05, 3.63) is 57.0 Å². The highest BCUT2D eigenvalue weighted by atomic mass is 32.2. The minimum absolute atomic E-state index is 0.0347. The number of aromatic nitrogens is 4. The fourth-order valence-electron chi connectivity index (χ4n) is 2.44. The van der Waals surface area contributed by atoms with Gasteiger partial charge in [0.2, 0.25) is 10.0 Å². The van der Waals surface area contributed by atoms with E-state index in [4.69, 9.17) is 0 Å². The first kappa shape index (κ1) is 18.6. The summed E-state index contributed by atoms with van der Waals surface area (Å²) < 4.78 is 63.2. The molecule has 142 valence electrons. The highest BCUT2D eigenvalue weighted by Gasteiger charge is 2.34. The van der Waals surface area contributed by atoms with Gasteiger partial charge in [0.15, 0.2) is 0 Å². The van der Waals surface area contributed by atoms with Crippen LogP contribution in [0.25, 0.3) is 22.0 Å². The molecule has 0 unspecified atom stereocenters. The van der Waals surface area contributed by atoms with Crippen molar-refractivity contribution in [1.82, 2.24) is 19.9 Å². The molecular weight excluding hydrogens is 391 g/mol. The SMILES string of the molecule is CS(=O)(=O)Nn1c(=O)[nH]c2cc(C(F)(F)F)c(-c3ccnnc3)cc2c1=O. The van der Waals surface area contributed by atoms with Crippen molar-refractivity contribution in [2.75, 3.05) is 11.1 Å². The lowest BCUT2D eigenvalue weighted by atomic mass is 9.98. The fraction of sp³-hybridized carbons (Fsp3) is 0.143. The van der Waals surface area contributed by atoms with E-state index in [2.05, 4.69) is 15.2 Å². The Balaban J connectivity index is 2.41. The molecule has 3 rings (SSSR count). The van der Waals surface area contributed by atoms with Crippen molar-refractivity contribution >= 4 is 20.9 Å². The van der Waals surface area contributed by atoms with Gasteiger partial charge in [-0.25, -0.2) is 18.0 Å². The second kappa shape index (κ2) is 6.19.